The molecule has 0 fully saturated rings. The van der Waals surface area contributed by atoms with Crippen molar-refractivity contribution < 1.29 is 9.30 Å². The zero-order valence-electron chi connectivity index (χ0n) is 17.6. The molecule has 150 valence electrons. The van der Waals surface area contributed by atoms with Crippen LogP contribution in [0.2, 0.25) is 0 Å². The summed E-state index contributed by atoms with van der Waals surface area (Å²) in [7, 11) is 0. The molecule has 0 aromatic carbocycles. The number of hydrogen-bond donors (Lipinski definition) is 0. The Kier molecular flexibility index (Phi) is 15.6. The van der Waals surface area contributed by atoms with E-state index >= 15 is 0 Å². The Bertz CT molecular complexity index is 392. The second-order valence-corrected chi connectivity index (χ2v) is 7.85. The molecule has 1 heterocycles. The lowest BCUT2D eigenvalue weighted by Crippen LogP contribution is -2.38. The Balaban J connectivity index is 1.77. The van der Waals surface area contributed by atoms with E-state index in [1.807, 2.05) is 0 Å². The van der Waals surface area contributed by atoms with Crippen LogP contribution < -0.4 is 4.57 Å². The molecule has 26 heavy (non-hydrogen) atoms. The number of rotatable bonds is 18. The summed E-state index contributed by atoms with van der Waals surface area (Å²) in [5, 5.41) is 0. The highest BCUT2D eigenvalue weighted by molar-refractivity contribution is 4.83. The van der Waals surface area contributed by atoms with Gasteiger partial charge >= 0.3 is 0 Å². The van der Waals surface area contributed by atoms with E-state index in [0.29, 0.717) is 6.10 Å². The van der Waals surface area contributed by atoms with Gasteiger partial charge in [0.15, 0.2) is 18.9 Å². The summed E-state index contributed by atoms with van der Waals surface area (Å²) in [5.41, 5.74) is 0. The van der Waals surface area contributed by atoms with Crippen LogP contribution in [0, 0.1) is 0 Å². The van der Waals surface area contributed by atoms with E-state index in [1.54, 1.807) is 0 Å². The Hall–Kier alpha value is -0.890. The first-order valence-corrected chi connectivity index (χ1v) is 11.4. The van der Waals surface area contributed by atoms with Crippen LogP contribution in [0.15, 0.2) is 30.6 Å². The van der Waals surface area contributed by atoms with E-state index in [-0.39, 0.29) is 0 Å². The molecule has 0 aliphatic carbocycles. The fourth-order valence-corrected chi connectivity index (χ4v) is 3.49. The highest BCUT2D eigenvalue weighted by atomic mass is 16.5. The number of unbranched alkanes of at least 4 members (excludes halogenated alkanes) is 13. The smallest absolute Gasteiger partial charge is 0.174 e. The lowest BCUT2D eigenvalue weighted by molar-refractivity contribution is -0.703. The number of hydrogen-bond acceptors (Lipinski definition) is 1. The van der Waals surface area contributed by atoms with Gasteiger partial charge in [0.05, 0.1) is 0 Å². The Labute approximate surface area is 163 Å². The van der Waals surface area contributed by atoms with Gasteiger partial charge in [-0.25, -0.2) is 4.57 Å². The molecule has 1 aromatic heterocycles. The third kappa shape index (κ3) is 14.3. The molecule has 0 aliphatic heterocycles. The molecular weight excluding hydrogens is 318 g/mol. The monoisotopic (exact) mass is 362 g/mol. The largest absolute Gasteiger partial charge is 0.372 e. The molecule has 1 rings (SSSR count). The average molecular weight is 363 g/mol. The maximum absolute atomic E-state index is 5.93. The van der Waals surface area contributed by atoms with Crippen LogP contribution in [0.5, 0.6) is 0 Å². The summed E-state index contributed by atoms with van der Waals surface area (Å²) in [4.78, 5) is 0. The van der Waals surface area contributed by atoms with Gasteiger partial charge in [0.2, 0.25) is 0 Å². The van der Waals surface area contributed by atoms with Crippen LogP contribution >= 0.6 is 0 Å². The standard InChI is InChI=1S/C24H44NO/c1-3-4-5-6-7-8-9-10-11-12-13-14-15-19-22-26-24(2)23-25-20-17-16-18-21-25/h16-18,20-21,24H,3-15,19,22-23H2,1-2H3/q+1. The number of nitrogens with zero attached hydrogens (tertiary/aromatic N) is 1. The van der Waals surface area contributed by atoms with Crippen molar-refractivity contribution >= 4 is 0 Å². The second kappa shape index (κ2) is 17.5. The van der Waals surface area contributed by atoms with Crippen molar-refractivity contribution in [3.05, 3.63) is 30.6 Å². The molecule has 0 bridgehead atoms. The van der Waals surface area contributed by atoms with Crippen molar-refractivity contribution in [1.82, 2.24) is 0 Å². The summed E-state index contributed by atoms with van der Waals surface area (Å²) in [6.45, 7) is 6.31. The minimum Gasteiger partial charge on any atom is -0.372 e. The molecule has 0 radical (unpaired) electrons. The normalized spacial score (nSPS) is 12.4. The molecule has 2 heteroatoms. The third-order valence-corrected chi connectivity index (χ3v) is 5.15. The van der Waals surface area contributed by atoms with E-state index in [9.17, 15) is 0 Å². The van der Waals surface area contributed by atoms with Gasteiger partial charge in [0, 0.05) is 18.7 Å². The lowest BCUT2D eigenvalue weighted by atomic mass is 10.0. The van der Waals surface area contributed by atoms with E-state index in [4.69, 9.17) is 4.74 Å². The van der Waals surface area contributed by atoms with Crippen molar-refractivity contribution in [3.8, 4) is 0 Å². The van der Waals surface area contributed by atoms with Crippen LogP contribution in [0.3, 0.4) is 0 Å². The zero-order valence-corrected chi connectivity index (χ0v) is 17.6. The summed E-state index contributed by atoms with van der Waals surface area (Å²) in [5.74, 6) is 0. The number of ether oxygens (including phenoxy) is 1. The molecule has 1 unspecified atom stereocenters. The van der Waals surface area contributed by atoms with Crippen LogP contribution in [0.1, 0.15) is 104 Å². The maximum atomic E-state index is 5.93. The summed E-state index contributed by atoms with van der Waals surface area (Å²) < 4.78 is 8.12. The van der Waals surface area contributed by atoms with Gasteiger partial charge in [-0.2, -0.15) is 0 Å². The molecule has 2 nitrogen and oxygen atoms in total. The molecule has 1 aromatic rings. The predicted octanol–water partition coefficient (Wildman–Crippen LogP) is 6.86. The molecular formula is C24H44NO+. The van der Waals surface area contributed by atoms with Gasteiger partial charge in [0.25, 0.3) is 0 Å². The summed E-state index contributed by atoms with van der Waals surface area (Å²) in [6.07, 6.45) is 24.2. The van der Waals surface area contributed by atoms with Gasteiger partial charge in [-0.1, -0.05) is 96.5 Å². The first-order valence-electron chi connectivity index (χ1n) is 11.4. The summed E-state index contributed by atoms with van der Waals surface area (Å²) in [6, 6.07) is 6.19. The zero-order chi connectivity index (χ0) is 18.7. The molecule has 0 saturated heterocycles. The average Bonchev–Trinajstić information content (AvgIpc) is 2.65. The van der Waals surface area contributed by atoms with Crippen molar-refractivity contribution in [2.75, 3.05) is 6.61 Å². The predicted molar refractivity (Wildman–Crippen MR) is 112 cm³/mol. The Morgan fingerprint density at radius 3 is 1.62 bits per heavy atom. The molecule has 0 N–H and O–H groups in total. The first-order chi connectivity index (χ1) is 12.8. The molecule has 0 amide bonds. The van der Waals surface area contributed by atoms with E-state index < -0.39 is 0 Å². The SMILES string of the molecule is CCCCCCCCCCCCCCCCOC(C)C[n+]1ccccc1. The fraction of sp³-hybridized carbons (Fsp3) is 0.792. The van der Waals surface area contributed by atoms with Gasteiger partial charge in [-0.15, -0.1) is 0 Å². The quantitative estimate of drug-likeness (QED) is 0.205. The Morgan fingerprint density at radius 2 is 1.12 bits per heavy atom. The molecule has 0 spiro atoms. The first kappa shape index (κ1) is 23.1. The van der Waals surface area contributed by atoms with Gasteiger partial charge in [0.1, 0.15) is 6.10 Å². The number of pyridine rings is 1. The third-order valence-electron chi connectivity index (χ3n) is 5.15. The molecule has 0 aliphatic rings. The van der Waals surface area contributed by atoms with Crippen LogP contribution in [-0.2, 0) is 11.3 Å². The topological polar surface area (TPSA) is 13.1 Å². The fourth-order valence-electron chi connectivity index (χ4n) is 3.49. The highest BCUT2D eigenvalue weighted by Gasteiger charge is 2.07. The minimum absolute atomic E-state index is 0.296. The molecule has 0 saturated carbocycles. The van der Waals surface area contributed by atoms with Crippen LogP contribution in [-0.4, -0.2) is 12.7 Å². The molecule has 1 atom stereocenters. The van der Waals surface area contributed by atoms with Crippen molar-refractivity contribution in [2.45, 2.75) is 116 Å². The Morgan fingerprint density at radius 1 is 0.654 bits per heavy atom. The lowest BCUT2D eigenvalue weighted by Gasteiger charge is -2.10. The van der Waals surface area contributed by atoms with Crippen molar-refractivity contribution in [1.29, 1.82) is 0 Å². The van der Waals surface area contributed by atoms with E-state index in [2.05, 4.69) is 49.0 Å². The minimum atomic E-state index is 0.296. The second-order valence-electron chi connectivity index (χ2n) is 7.85. The highest BCUT2D eigenvalue weighted by Crippen LogP contribution is 2.13. The van der Waals surface area contributed by atoms with Gasteiger partial charge in [-0.05, 0) is 13.3 Å². The van der Waals surface area contributed by atoms with Crippen LogP contribution in [0.25, 0.3) is 0 Å². The number of aromatic nitrogens is 1. The van der Waals surface area contributed by atoms with Crippen LogP contribution in [0.4, 0.5) is 0 Å². The van der Waals surface area contributed by atoms with E-state index in [1.165, 1.54) is 89.9 Å². The van der Waals surface area contributed by atoms with E-state index in [0.717, 1.165) is 13.2 Å². The van der Waals surface area contributed by atoms with Crippen molar-refractivity contribution in [2.24, 2.45) is 0 Å². The summed E-state index contributed by atoms with van der Waals surface area (Å²) >= 11 is 0. The maximum Gasteiger partial charge on any atom is 0.174 e. The van der Waals surface area contributed by atoms with Gasteiger partial charge in [-0.3, -0.25) is 0 Å². The van der Waals surface area contributed by atoms with Gasteiger partial charge < -0.3 is 4.74 Å². The van der Waals surface area contributed by atoms with Crippen molar-refractivity contribution in [3.63, 3.8) is 0 Å².